The molecular weight excluding hydrogens is 961 g/mol. The molecule has 14 heteroatoms. The molecule has 0 saturated carbocycles. The van der Waals surface area contributed by atoms with Gasteiger partial charge in [0.05, 0.1) is 74.5 Å². The molecule has 0 N–H and O–H groups in total. The van der Waals surface area contributed by atoms with Gasteiger partial charge in [-0.25, -0.2) is 9.59 Å². The summed E-state index contributed by atoms with van der Waals surface area (Å²) in [6.45, 7) is 6.45. The Balaban J connectivity index is 0.704. The number of esters is 2. The predicted octanol–water partition coefficient (Wildman–Crippen LogP) is 15.9. The summed E-state index contributed by atoms with van der Waals surface area (Å²) in [5.41, 5.74) is 5.69. The normalized spacial score (nSPS) is 11.0. The van der Waals surface area contributed by atoms with E-state index in [4.69, 9.17) is 37.9 Å². The molecule has 0 aliphatic rings. The number of benzene rings is 7. The third kappa shape index (κ3) is 18.6. The van der Waals surface area contributed by atoms with E-state index in [9.17, 15) is 9.59 Å². The van der Waals surface area contributed by atoms with E-state index in [0.717, 1.165) is 120 Å². The number of methoxy groups -OCH3 is 2. The number of carbonyl (C=O) groups excluding carboxylic acids is 2. The van der Waals surface area contributed by atoms with Crippen molar-refractivity contribution in [3.63, 3.8) is 0 Å². The van der Waals surface area contributed by atoms with E-state index < -0.39 is 11.9 Å². The van der Waals surface area contributed by atoms with Gasteiger partial charge in [0.25, 0.3) is 0 Å². The van der Waals surface area contributed by atoms with Crippen molar-refractivity contribution in [2.75, 3.05) is 40.6 Å². The van der Waals surface area contributed by atoms with Gasteiger partial charge in [0.2, 0.25) is 0 Å². The van der Waals surface area contributed by atoms with Gasteiger partial charge in [0, 0.05) is 0 Å². The highest BCUT2D eigenvalue weighted by Gasteiger charge is 2.16. The molecule has 7 aromatic carbocycles. The fourth-order valence-electron chi connectivity index (χ4n) is 7.49. The standard InChI is InChI=1S/C62H64N4O10/c1-4-48-43-49(61(67)75-44-46-13-26-56(27-14-46)71-39-9-5-7-11-41-73-58-34-22-52(23-35-58)65-63-50-18-30-54(69-2)31-19-50)17-38-60(48)62(68)76-45-47-15-28-57(29-16-47)72-40-10-6-8-12-42-74-59-36-24-53(25-37-59)66-64-51-20-32-55(70-3)33-21-51/h4,13-38,43H,1,5-12,39-42,44-45H2,2-3H3. The average molecular weight is 1030 g/mol. The topological polar surface area (TPSA) is 157 Å². The molecule has 14 nitrogen and oxygen atoms in total. The summed E-state index contributed by atoms with van der Waals surface area (Å²) < 4.78 is 45.2. The quantitative estimate of drug-likeness (QED) is 0.0233. The smallest absolute Gasteiger partial charge is 0.339 e. The van der Waals surface area contributed by atoms with Gasteiger partial charge in [-0.15, -0.1) is 0 Å². The van der Waals surface area contributed by atoms with Crippen LogP contribution in [0.15, 0.2) is 191 Å². The van der Waals surface area contributed by atoms with Crippen LogP contribution in [0.5, 0.6) is 34.5 Å². The third-order valence-corrected chi connectivity index (χ3v) is 11.8. The zero-order chi connectivity index (χ0) is 53.0. The van der Waals surface area contributed by atoms with E-state index in [1.165, 1.54) is 6.08 Å². The van der Waals surface area contributed by atoms with Crippen molar-refractivity contribution < 1.29 is 47.5 Å². The minimum atomic E-state index is -0.528. The monoisotopic (exact) mass is 1020 g/mol. The minimum Gasteiger partial charge on any atom is -0.497 e. The summed E-state index contributed by atoms with van der Waals surface area (Å²) in [7, 11) is 3.26. The fraction of sp³-hybridized carbons (Fsp3) is 0.258. The van der Waals surface area contributed by atoms with Gasteiger partial charge in [-0.05, 0) is 208 Å². The van der Waals surface area contributed by atoms with Gasteiger partial charge in [-0.2, -0.15) is 20.5 Å². The number of unbranched alkanes of at least 4 members (excludes halogenated alkanes) is 6. The van der Waals surface area contributed by atoms with Gasteiger partial charge >= 0.3 is 11.9 Å². The lowest BCUT2D eigenvalue weighted by Gasteiger charge is -2.11. The molecule has 0 atom stereocenters. The van der Waals surface area contributed by atoms with E-state index in [2.05, 4.69) is 27.0 Å². The largest absolute Gasteiger partial charge is 0.497 e. The van der Waals surface area contributed by atoms with E-state index in [0.29, 0.717) is 43.1 Å². The number of azo groups is 2. The van der Waals surface area contributed by atoms with Crippen molar-refractivity contribution in [2.45, 2.75) is 64.6 Å². The SMILES string of the molecule is C=Cc1cc(C(=O)OCc2ccc(OCCCCCCOc3ccc(N=Nc4ccc(OC)cc4)cc3)cc2)ccc1C(=O)OCc1ccc(OCCCCCCOc2ccc(N=Nc3ccc(OC)cc3)cc2)cc1. The molecule has 0 aliphatic carbocycles. The molecule has 0 amide bonds. The maximum Gasteiger partial charge on any atom is 0.339 e. The van der Waals surface area contributed by atoms with Crippen molar-refractivity contribution in [3.05, 3.63) is 198 Å². The van der Waals surface area contributed by atoms with Crippen LogP contribution in [0.2, 0.25) is 0 Å². The third-order valence-electron chi connectivity index (χ3n) is 11.8. The predicted molar refractivity (Wildman–Crippen MR) is 294 cm³/mol. The Morgan fingerprint density at radius 2 is 0.711 bits per heavy atom. The number of nitrogens with zero attached hydrogens (tertiary/aromatic N) is 4. The molecule has 0 radical (unpaired) electrons. The van der Waals surface area contributed by atoms with Crippen LogP contribution in [-0.4, -0.2) is 52.6 Å². The highest BCUT2D eigenvalue weighted by molar-refractivity contribution is 5.97. The van der Waals surface area contributed by atoms with Gasteiger partial charge in [-0.1, -0.05) is 36.9 Å². The lowest BCUT2D eigenvalue weighted by molar-refractivity contribution is 0.0458. The first kappa shape index (κ1) is 55.0. The Morgan fingerprint density at radius 3 is 1.04 bits per heavy atom. The van der Waals surface area contributed by atoms with Gasteiger partial charge in [-0.3, -0.25) is 0 Å². The zero-order valence-corrected chi connectivity index (χ0v) is 43.1. The summed E-state index contributed by atoms with van der Waals surface area (Å²) in [6.07, 6.45) is 9.33. The molecule has 0 unspecified atom stereocenters. The molecule has 0 heterocycles. The van der Waals surface area contributed by atoms with Crippen LogP contribution in [-0.2, 0) is 22.7 Å². The van der Waals surface area contributed by atoms with Crippen LogP contribution in [0.3, 0.4) is 0 Å². The first-order valence-electron chi connectivity index (χ1n) is 25.5. The summed E-state index contributed by atoms with van der Waals surface area (Å²) in [6, 6.07) is 49.6. The molecule has 0 saturated heterocycles. The highest BCUT2D eigenvalue weighted by atomic mass is 16.5. The highest BCUT2D eigenvalue weighted by Crippen LogP contribution is 2.26. The number of ether oxygens (including phenoxy) is 8. The summed E-state index contributed by atoms with van der Waals surface area (Å²) >= 11 is 0. The van der Waals surface area contributed by atoms with Crippen molar-refractivity contribution in [1.29, 1.82) is 0 Å². The molecule has 0 spiro atoms. The van der Waals surface area contributed by atoms with Crippen LogP contribution in [0, 0.1) is 0 Å². The Labute approximate surface area is 445 Å². The molecule has 0 bridgehead atoms. The first-order valence-corrected chi connectivity index (χ1v) is 25.5. The molecule has 7 aromatic rings. The number of hydrogen-bond donors (Lipinski definition) is 0. The summed E-state index contributed by atoms with van der Waals surface area (Å²) in [5.74, 6) is 3.59. The number of carbonyl (C=O) groups is 2. The molecule has 7 rings (SSSR count). The second kappa shape index (κ2) is 30.4. The molecule has 76 heavy (non-hydrogen) atoms. The zero-order valence-electron chi connectivity index (χ0n) is 43.1. The Kier molecular flexibility index (Phi) is 22.0. The lowest BCUT2D eigenvalue weighted by atomic mass is 10.0. The van der Waals surface area contributed by atoms with Gasteiger partial charge in [0.15, 0.2) is 0 Å². The summed E-state index contributed by atoms with van der Waals surface area (Å²) in [5, 5.41) is 17.1. The van der Waals surface area contributed by atoms with Gasteiger partial charge < -0.3 is 37.9 Å². The molecule has 0 fully saturated rings. The van der Waals surface area contributed by atoms with Crippen LogP contribution in [0.4, 0.5) is 22.7 Å². The average Bonchev–Trinajstić information content (AvgIpc) is 3.47. The van der Waals surface area contributed by atoms with Crippen LogP contribution in [0.25, 0.3) is 6.08 Å². The van der Waals surface area contributed by atoms with Crippen LogP contribution >= 0.6 is 0 Å². The van der Waals surface area contributed by atoms with Crippen LogP contribution in [0.1, 0.15) is 88.8 Å². The Bertz CT molecular complexity index is 2930. The molecule has 0 aliphatic heterocycles. The number of hydrogen-bond acceptors (Lipinski definition) is 14. The van der Waals surface area contributed by atoms with E-state index in [1.807, 2.05) is 146 Å². The molecule has 0 aromatic heterocycles. The second-order valence-corrected chi connectivity index (χ2v) is 17.5. The van der Waals surface area contributed by atoms with Gasteiger partial charge in [0.1, 0.15) is 47.7 Å². The Hall–Kier alpha value is -8.78. The van der Waals surface area contributed by atoms with E-state index >= 15 is 0 Å². The van der Waals surface area contributed by atoms with E-state index in [-0.39, 0.29) is 13.2 Å². The van der Waals surface area contributed by atoms with Crippen molar-refractivity contribution in [2.24, 2.45) is 20.5 Å². The molecule has 392 valence electrons. The maximum absolute atomic E-state index is 13.1. The van der Waals surface area contributed by atoms with E-state index in [1.54, 1.807) is 32.4 Å². The van der Waals surface area contributed by atoms with Crippen molar-refractivity contribution >= 4 is 40.8 Å². The second-order valence-electron chi connectivity index (χ2n) is 17.5. The number of rotatable bonds is 31. The van der Waals surface area contributed by atoms with Crippen LogP contribution < -0.4 is 28.4 Å². The lowest BCUT2D eigenvalue weighted by Crippen LogP contribution is -2.10. The minimum absolute atomic E-state index is 0.0718. The maximum atomic E-state index is 13.1. The molecular formula is C62H64N4O10. The summed E-state index contributed by atoms with van der Waals surface area (Å²) in [4.78, 5) is 26.1. The van der Waals surface area contributed by atoms with Crippen molar-refractivity contribution in [3.8, 4) is 34.5 Å². The first-order chi connectivity index (χ1) is 37.3. The van der Waals surface area contributed by atoms with Crippen molar-refractivity contribution in [1.82, 2.24) is 0 Å². The fourth-order valence-corrected chi connectivity index (χ4v) is 7.49. The Morgan fingerprint density at radius 1 is 0.395 bits per heavy atom.